The van der Waals surface area contributed by atoms with Crippen molar-refractivity contribution >= 4 is 23.7 Å². The number of para-hydroxylation sites is 1. The van der Waals surface area contributed by atoms with Crippen molar-refractivity contribution in [2.45, 2.75) is 18.6 Å². The second-order valence-electron chi connectivity index (χ2n) is 5.68. The SMILES string of the molecule is O=C(N[C@@H](Cc1ccccc1)C(=O)O)OC(C(=O)O)c1ccccc1N([O-])O. The van der Waals surface area contributed by atoms with Crippen LogP contribution in [0.4, 0.5) is 10.5 Å². The Labute approximate surface area is 159 Å². The van der Waals surface area contributed by atoms with Gasteiger partial charge in [-0.2, -0.15) is 0 Å². The molecule has 1 unspecified atom stereocenters. The minimum Gasteiger partial charge on any atom is -0.733 e. The van der Waals surface area contributed by atoms with E-state index in [1.807, 2.05) is 0 Å². The second-order valence-corrected chi connectivity index (χ2v) is 5.68. The molecule has 2 atom stereocenters. The van der Waals surface area contributed by atoms with Gasteiger partial charge in [0.15, 0.2) is 0 Å². The lowest BCUT2D eigenvalue weighted by Crippen LogP contribution is -2.43. The molecule has 4 N–H and O–H groups in total. The van der Waals surface area contributed by atoms with Crippen molar-refractivity contribution in [3.63, 3.8) is 0 Å². The molecule has 148 valence electrons. The van der Waals surface area contributed by atoms with Gasteiger partial charge in [0.05, 0.1) is 5.69 Å². The second kappa shape index (κ2) is 9.35. The van der Waals surface area contributed by atoms with E-state index in [0.717, 1.165) is 6.07 Å². The van der Waals surface area contributed by atoms with Gasteiger partial charge in [-0.25, -0.2) is 14.4 Å². The largest absolute Gasteiger partial charge is 0.733 e. The van der Waals surface area contributed by atoms with Crippen LogP contribution < -0.4 is 10.5 Å². The van der Waals surface area contributed by atoms with Crippen molar-refractivity contribution < 1.29 is 34.5 Å². The minimum atomic E-state index is -1.94. The summed E-state index contributed by atoms with van der Waals surface area (Å²) in [5.74, 6) is -2.95. The van der Waals surface area contributed by atoms with Gasteiger partial charge in [0.1, 0.15) is 6.04 Å². The summed E-state index contributed by atoms with van der Waals surface area (Å²) >= 11 is 0. The topological polar surface area (TPSA) is 159 Å². The standard InChI is InChI=1S/C18H17N2O8/c21-16(22)13(10-11-6-2-1-3-7-11)19-18(25)28-15(17(23)24)12-8-4-5-9-14(12)20(26)27/h1-9,13,15,26H,10H2,(H,19,25)(H,21,22)(H,23,24)/q-1/t13-,15?/m0/s1. The molecule has 1 amide bonds. The van der Waals surface area contributed by atoms with Crippen LogP contribution in [0.1, 0.15) is 17.2 Å². The lowest BCUT2D eigenvalue weighted by atomic mass is 10.1. The highest BCUT2D eigenvalue weighted by molar-refractivity contribution is 5.83. The predicted molar refractivity (Wildman–Crippen MR) is 95.6 cm³/mol. The number of carbonyl (C=O) groups excluding carboxylic acids is 1. The fourth-order valence-corrected chi connectivity index (χ4v) is 2.46. The van der Waals surface area contributed by atoms with Crippen LogP contribution in [0.2, 0.25) is 0 Å². The Morgan fingerprint density at radius 3 is 2.18 bits per heavy atom. The Hall–Kier alpha value is -3.63. The van der Waals surface area contributed by atoms with E-state index in [1.165, 1.54) is 18.2 Å². The van der Waals surface area contributed by atoms with Gasteiger partial charge in [-0.15, -0.1) is 0 Å². The summed E-state index contributed by atoms with van der Waals surface area (Å²) < 4.78 is 4.82. The van der Waals surface area contributed by atoms with Gasteiger partial charge in [0, 0.05) is 12.0 Å². The van der Waals surface area contributed by atoms with E-state index in [2.05, 4.69) is 5.32 Å². The molecule has 0 aliphatic carbocycles. The number of anilines is 1. The number of carboxylic acid groups (broad SMARTS) is 2. The van der Waals surface area contributed by atoms with Crippen LogP contribution in [-0.4, -0.2) is 39.5 Å². The van der Waals surface area contributed by atoms with Gasteiger partial charge in [-0.05, 0) is 11.6 Å². The van der Waals surface area contributed by atoms with Crippen LogP contribution in [0.25, 0.3) is 0 Å². The number of ether oxygens (including phenoxy) is 1. The summed E-state index contributed by atoms with van der Waals surface area (Å²) in [4.78, 5) is 35.0. The van der Waals surface area contributed by atoms with Crippen LogP contribution in [-0.2, 0) is 20.7 Å². The fraction of sp³-hybridized carbons (Fsp3) is 0.167. The maximum absolute atomic E-state index is 12.1. The molecule has 2 aromatic carbocycles. The third-order valence-corrected chi connectivity index (χ3v) is 3.75. The minimum absolute atomic E-state index is 0.0510. The van der Waals surface area contributed by atoms with Gasteiger partial charge in [0.25, 0.3) is 0 Å². The Bertz CT molecular complexity index is 840. The molecule has 0 spiro atoms. The third kappa shape index (κ3) is 5.43. The highest BCUT2D eigenvalue weighted by atomic mass is 16.8. The quantitative estimate of drug-likeness (QED) is 0.495. The van der Waals surface area contributed by atoms with Crippen molar-refractivity contribution in [2.24, 2.45) is 0 Å². The van der Waals surface area contributed by atoms with Gasteiger partial charge in [-0.3, -0.25) is 5.21 Å². The summed E-state index contributed by atoms with van der Waals surface area (Å²) in [5.41, 5.74) is -0.0723. The maximum Gasteiger partial charge on any atom is 0.409 e. The van der Waals surface area contributed by atoms with Crippen LogP contribution >= 0.6 is 0 Å². The molecular formula is C18H17N2O8-. The number of rotatable bonds is 8. The third-order valence-electron chi connectivity index (χ3n) is 3.75. The molecular weight excluding hydrogens is 372 g/mol. The number of hydrogen-bond acceptors (Lipinski definition) is 7. The molecule has 0 fully saturated rings. The summed E-state index contributed by atoms with van der Waals surface area (Å²) in [6.45, 7) is 0. The smallest absolute Gasteiger partial charge is 0.409 e. The lowest BCUT2D eigenvalue weighted by molar-refractivity contribution is -0.147. The monoisotopic (exact) mass is 389 g/mol. The zero-order valence-corrected chi connectivity index (χ0v) is 14.4. The zero-order chi connectivity index (χ0) is 20.7. The fourth-order valence-electron chi connectivity index (χ4n) is 2.46. The Morgan fingerprint density at radius 1 is 1.00 bits per heavy atom. The molecule has 0 heterocycles. The van der Waals surface area contributed by atoms with Crippen LogP contribution in [0.5, 0.6) is 0 Å². The first-order valence-corrected chi connectivity index (χ1v) is 8.01. The highest BCUT2D eigenvalue weighted by Gasteiger charge is 2.29. The van der Waals surface area contributed by atoms with E-state index < -0.39 is 41.1 Å². The maximum atomic E-state index is 12.1. The van der Waals surface area contributed by atoms with Gasteiger partial charge >= 0.3 is 18.0 Å². The molecule has 0 radical (unpaired) electrons. The molecule has 0 saturated heterocycles. The molecule has 0 aromatic heterocycles. The van der Waals surface area contributed by atoms with Crippen molar-refractivity contribution in [1.82, 2.24) is 5.32 Å². The number of nitrogens with one attached hydrogen (secondary N) is 1. The van der Waals surface area contributed by atoms with E-state index in [4.69, 9.17) is 9.94 Å². The van der Waals surface area contributed by atoms with Crippen molar-refractivity contribution in [2.75, 3.05) is 5.23 Å². The van der Waals surface area contributed by atoms with E-state index in [0.29, 0.717) is 5.56 Å². The van der Waals surface area contributed by atoms with Gasteiger partial charge < -0.3 is 30.7 Å². The Balaban J connectivity index is 2.15. The molecule has 0 aliphatic heterocycles. The first-order valence-electron chi connectivity index (χ1n) is 8.01. The molecule has 2 aromatic rings. The van der Waals surface area contributed by atoms with Crippen LogP contribution in [0.15, 0.2) is 54.6 Å². The number of carbonyl (C=O) groups is 3. The Kier molecular flexibility index (Phi) is 6.90. The molecule has 28 heavy (non-hydrogen) atoms. The van der Waals surface area contributed by atoms with Crippen LogP contribution in [0, 0.1) is 5.21 Å². The van der Waals surface area contributed by atoms with Gasteiger partial charge in [0.2, 0.25) is 6.10 Å². The number of carboxylic acids is 2. The number of alkyl carbamates (subject to hydrolysis) is 1. The molecule has 0 saturated carbocycles. The summed E-state index contributed by atoms with van der Waals surface area (Å²) in [7, 11) is 0. The molecule has 2 rings (SSSR count). The van der Waals surface area contributed by atoms with Crippen molar-refractivity contribution in [3.8, 4) is 0 Å². The average molecular weight is 389 g/mol. The lowest BCUT2D eigenvalue weighted by Gasteiger charge is -2.26. The normalized spacial score (nSPS) is 12.5. The van der Waals surface area contributed by atoms with Crippen molar-refractivity contribution in [3.05, 3.63) is 70.9 Å². The van der Waals surface area contributed by atoms with E-state index in [9.17, 15) is 29.8 Å². The average Bonchev–Trinajstić information content (AvgIpc) is 2.66. The van der Waals surface area contributed by atoms with Gasteiger partial charge in [-0.1, -0.05) is 48.5 Å². The molecule has 0 aliphatic rings. The first-order chi connectivity index (χ1) is 13.3. The van der Waals surface area contributed by atoms with E-state index >= 15 is 0 Å². The number of aliphatic carboxylic acids is 2. The summed E-state index contributed by atoms with van der Waals surface area (Å²) in [6, 6.07) is 12.2. The van der Waals surface area contributed by atoms with Crippen molar-refractivity contribution in [1.29, 1.82) is 0 Å². The predicted octanol–water partition coefficient (Wildman–Crippen LogP) is 1.93. The number of amides is 1. The number of nitrogens with zero attached hydrogens (tertiary/aromatic N) is 1. The van der Waals surface area contributed by atoms with E-state index in [-0.39, 0.29) is 12.0 Å². The summed E-state index contributed by atoms with van der Waals surface area (Å²) in [5, 5.41) is 40.5. The molecule has 10 nitrogen and oxygen atoms in total. The number of hydrogen-bond donors (Lipinski definition) is 4. The van der Waals surface area contributed by atoms with E-state index in [1.54, 1.807) is 30.3 Å². The summed E-state index contributed by atoms with van der Waals surface area (Å²) in [6.07, 6.45) is -3.29. The molecule has 0 bridgehead atoms. The zero-order valence-electron chi connectivity index (χ0n) is 14.4. The molecule has 10 heteroatoms. The highest BCUT2D eigenvalue weighted by Crippen LogP contribution is 2.28. The van der Waals surface area contributed by atoms with Crippen LogP contribution in [0.3, 0.4) is 0 Å². The first kappa shape index (κ1) is 20.7. The number of benzene rings is 2. The Morgan fingerprint density at radius 2 is 1.61 bits per heavy atom.